The van der Waals surface area contributed by atoms with E-state index in [1.54, 1.807) is 0 Å². The van der Waals surface area contributed by atoms with Crippen LogP contribution in [0.1, 0.15) is 33.6 Å². The highest BCUT2D eigenvalue weighted by atomic mass is 32.2. The van der Waals surface area contributed by atoms with Crippen LogP contribution in [0.25, 0.3) is 0 Å². The predicted octanol–water partition coefficient (Wildman–Crippen LogP) is -2.40. The van der Waals surface area contributed by atoms with Crippen LogP contribution in [0.15, 0.2) is 18.2 Å². The normalized spacial score (nSPS) is 18.2. The van der Waals surface area contributed by atoms with E-state index in [-0.39, 0.29) is 47.0 Å². The number of amides is 2. The van der Waals surface area contributed by atoms with Gasteiger partial charge in [0.15, 0.2) is 9.84 Å². The molecule has 0 bridgehead atoms. The maximum Gasteiger partial charge on any atom is 0.489 e. The number of carbonyl (C=O) groups is 3. The summed E-state index contributed by atoms with van der Waals surface area (Å²) < 4.78 is 22.7. The first kappa shape index (κ1) is 20.1. The van der Waals surface area contributed by atoms with E-state index < -0.39 is 28.9 Å². The summed E-state index contributed by atoms with van der Waals surface area (Å²) in [5.74, 6) is -0.891. The number of carbonyl (C=O) groups excluding carboxylic acids is 3. The van der Waals surface area contributed by atoms with E-state index in [0.29, 0.717) is 12.7 Å². The average molecular weight is 382 g/mol. The van der Waals surface area contributed by atoms with E-state index >= 15 is 0 Å². The number of aldehydes is 1. The summed E-state index contributed by atoms with van der Waals surface area (Å²) in [5.41, 5.74) is 0.106. The summed E-state index contributed by atoms with van der Waals surface area (Å²) in [6.07, 6.45) is 0.781. The SMILES string of the molecule is O=Cc1cc(C(=O)NCCC(=O)NC2CCS(=O)(=O)C2)ccc1B(O)O. The summed E-state index contributed by atoms with van der Waals surface area (Å²) in [6, 6.07) is 3.42. The highest BCUT2D eigenvalue weighted by Gasteiger charge is 2.28. The number of benzene rings is 1. The van der Waals surface area contributed by atoms with E-state index in [0.717, 1.165) is 0 Å². The predicted molar refractivity (Wildman–Crippen MR) is 93.8 cm³/mol. The van der Waals surface area contributed by atoms with E-state index in [2.05, 4.69) is 10.6 Å². The third-order valence-corrected chi connectivity index (χ3v) is 5.76. The van der Waals surface area contributed by atoms with E-state index in [4.69, 9.17) is 10.0 Å². The quantitative estimate of drug-likeness (QED) is 0.303. The Morgan fingerprint density at radius 1 is 1.31 bits per heavy atom. The van der Waals surface area contributed by atoms with Gasteiger partial charge in [-0.3, -0.25) is 14.4 Å². The molecule has 9 nitrogen and oxygen atoms in total. The molecule has 1 unspecified atom stereocenters. The largest absolute Gasteiger partial charge is 0.489 e. The maximum absolute atomic E-state index is 12.0. The minimum absolute atomic E-state index is 0.0116. The fraction of sp³-hybridized carbons (Fsp3) is 0.400. The van der Waals surface area contributed by atoms with Gasteiger partial charge < -0.3 is 20.7 Å². The van der Waals surface area contributed by atoms with Crippen LogP contribution in [0, 0.1) is 0 Å². The summed E-state index contributed by atoms with van der Waals surface area (Å²) in [7, 11) is -4.90. The summed E-state index contributed by atoms with van der Waals surface area (Å²) >= 11 is 0. The third-order valence-electron chi connectivity index (χ3n) is 3.99. The lowest BCUT2D eigenvalue weighted by molar-refractivity contribution is -0.121. The molecule has 2 amide bonds. The Hall–Kier alpha value is -2.24. The minimum atomic E-state index is -3.08. The van der Waals surface area contributed by atoms with Crippen LogP contribution >= 0.6 is 0 Å². The molecule has 26 heavy (non-hydrogen) atoms. The molecule has 1 saturated heterocycles. The molecular formula is C15H19BN2O7S. The van der Waals surface area contributed by atoms with E-state index in [9.17, 15) is 22.8 Å². The minimum Gasteiger partial charge on any atom is -0.423 e. The molecule has 0 aliphatic carbocycles. The summed E-state index contributed by atoms with van der Waals surface area (Å²) in [6.45, 7) is 0.0327. The molecule has 1 aliphatic heterocycles. The second-order valence-electron chi connectivity index (χ2n) is 6.01. The zero-order valence-electron chi connectivity index (χ0n) is 13.8. The fourth-order valence-electron chi connectivity index (χ4n) is 2.65. The van der Waals surface area contributed by atoms with Crippen molar-refractivity contribution in [2.24, 2.45) is 0 Å². The van der Waals surface area contributed by atoms with Crippen molar-refractivity contribution in [3.63, 3.8) is 0 Å². The molecule has 2 rings (SSSR count). The lowest BCUT2D eigenvalue weighted by Crippen LogP contribution is -2.38. The molecule has 0 radical (unpaired) electrons. The van der Waals surface area contributed by atoms with Gasteiger partial charge in [0.25, 0.3) is 5.91 Å². The molecule has 0 spiro atoms. The monoisotopic (exact) mass is 382 g/mol. The van der Waals surface area contributed by atoms with Crippen molar-refractivity contribution in [2.45, 2.75) is 18.9 Å². The van der Waals surface area contributed by atoms with Crippen molar-refractivity contribution in [2.75, 3.05) is 18.1 Å². The Balaban J connectivity index is 1.83. The van der Waals surface area contributed by atoms with Crippen molar-refractivity contribution in [1.82, 2.24) is 10.6 Å². The first-order valence-corrected chi connectivity index (χ1v) is 9.77. The smallest absolute Gasteiger partial charge is 0.423 e. The van der Waals surface area contributed by atoms with Gasteiger partial charge in [0.1, 0.15) is 6.29 Å². The third kappa shape index (κ3) is 5.38. The first-order chi connectivity index (χ1) is 12.2. The summed E-state index contributed by atoms with van der Waals surface area (Å²) in [5, 5.41) is 23.4. The number of nitrogens with one attached hydrogen (secondary N) is 2. The summed E-state index contributed by atoms with van der Waals surface area (Å²) in [4.78, 5) is 34.8. The Labute approximate surface area is 150 Å². The van der Waals surface area contributed by atoms with Gasteiger partial charge in [-0.2, -0.15) is 0 Å². The van der Waals surface area contributed by atoms with Gasteiger partial charge in [-0.1, -0.05) is 6.07 Å². The van der Waals surface area contributed by atoms with Gasteiger partial charge in [-0.25, -0.2) is 8.42 Å². The van der Waals surface area contributed by atoms with Crippen molar-refractivity contribution in [3.8, 4) is 0 Å². The van der Waals surface area contributed by atoms with Gasteiger partial charge in [-0.15, -0.1) is 0 Å². The highest BCUT2D eigenvalue weighted by molar-refractivity contribution is 7.91. The number of rotatable bonds is 7. The van der Waals surface area contributed by atoms with Crippen LogP contribution in [-0.2, 0) is 14.6 Å². The Morgan fingerprint density at radius 3 is 2.62 bits per heavy atom. The molecule has 1 aromatic carbocycles. The first-order valence-electron chi connectivity index (χ1n) is 7.95. The van der Waals surface area contributed by atoms with Crippen LogP contribution in [0.2, 0.25) is 0 Å². The van der Waals surface area contributed by atoms with E-state index in [1.807, 2.05) is 0 Å². The number of sulfone groups is 1. The molecule has 140 valence electrons. The zero-order valence-corrected chi connectivity index (χ0v) is 14.7. The van der Waals surface area contributed by atoms with Gasteiger partial charge >= 0.3 is 7.12 Å². The van der Waals surface area contributed by atoms with Crippen LogP contribution < -0.4 is 16.1 Å². The zero-order chi connectivity index (χ0) is 19.3. The van der Waals surface area contributed by atoms with Gasteiger partial charge in [0.05, 0.1) is 11.5 Å². The molecule has 1 atom stereocenters. The molecule has 1 fully saturated rings. The molecule has 0 saturated carbocycles. The van der Waals surface area contributed by atoms with Crippen LogP contribution in [0.4, 0.5) is 0 Å². The van der Waals surface area contributed by atoms with Gasteiger partial charge in [-0.05, 0) is 24.0 Å². The van der Waals surface area contributed by atoms with Gasteiger partial charge in [0.2, 0.25) is 5.91 Å². The fourth-order valence-corrected chi connectivity index (χ4v) is 4.33. The van der Waals surface area contributed by atoms with Crippen molar-refractivity contribution >= 4 is 40.5 Å². The van der Waals surface area contributed by atoms with Crippen LogP contribution in [0.5, 0.6) is 0 Å². The second-order valence-corrected chi connectivity index (χ2v) is 8.24. The topological polar surface area (TPSA) is 150 Å². The number of hydrogen-bond acceptors (Lipinski definition) is 7. The maximum atomic E-state index is 12.0. The molecule has 1 aromatic rings. The molecule has 1 aliphatic rings. The van der Waals surface area contributed by atoms with Crippen LogP contribution in [0.3, 0.4) is 0 Å². The Morgan fingerprint density at radius 2 is 2.04 bits per heavy atom. The molecule has 0 aromatic heterocycles. The second kappa shape index (κ2) is 8.43. The molecule has 11 heteroatoms. The Bertz CT molecular complexity index is 810. The van der Waals surface area contributed by atoms with Crippen molar-refractivity contribution < 1.29 is 32.8 Å². The number of hydrogen-bond donors (Lipinski definition) is 4. The van der Waals surface area contributed by atoms with Crippen LogP contribution in [-0.4, -0.2) is 67.8 Å². The lowest BCUT2D eigenvalue weighted by Gasteiger charge is -2.11. The standard InChI is InChI=1S/C15H19BN2O7S/c19-8-11-7-10(1-2-13(11)16(22)23)15(21)17-5-3-14(20)18-12-4-6-26(24,25)9-12/h1-2,7-8,12,22-23H,3-6,9H2,(H,17,21)(H,18,20). The van der Waals surface area contributed by atoms with E-state index in [1.165, 1.54) is 18.2 Å². The highest BCUT2D eigenvalue weighted by Crippen LogP contribution is 2.11. The molecule has 1 heterocycles. The van der Waals surface area contributed by atoms with Gasteiger partial charge in [0, 0.05) is 30.1 Å². The Kier molecular flexibility index (Phi) is 6.51. The lowest BCUT2D eigenvalue weighted by atomic mass is 9.77. The molecular weight excluding hydrogens is 363 g/mol. The average Bonchev–Trinajstić information content (AvgIpc) is 2.92. The van der Waals surface area contributed by atoms with Crippen molar-refractivity contribution in [3.05, 3.63) is 29.3 Å². The van der Waals surface area contributed by atoms with Crippen molar-refractivity contribution in [1.29, 1.82) is 0 Å². The molecule has 4 N–H and O–H groups in total.